The van der Waals surface area contributed by atoms with Crippen LogP contribution in [0.2, 0.25) is 0 Å². The average Bonchev–Trinajstić information content (AvgIpc) is 2.25. The van der Waals surface area contributed by atoms with Gasteiger partial charge in [0, 0.05) is 30.6 Å². The Bertz CT molecular complexity index is 504. The van der Waals surface area contributed by atoms with E-state index in [1.165, 1.54) is 6.07 Å². The molecule has 4 nitrogen and oxygen atoms in total. The van der Waals surface area contributed by atoms with E-state index in [1.54, 1.807) is 0 Å². The lowest BCUT2D eigenvalue weighted by atomic mass is 9.81. The van der Waals surface area contributed by atoms with Crippen molar-refractivity contribution in [1.82, 2.24) is 4.98 Å². The zero-order valence-electron chi connectivity index (χ0n) is 14.6. The molecule has 0 saturated heterocycles. The molecule has 0 aromatic carbocycles. The maximum absolute atomic E-state index is 9.06. The van der Waals surface area contributed by atoms with Crippen molar-refractivity contribution in [3.05, 3.63) is 18.3 Å². The molecule has 0 spiro atoms. The normalized spacial score (nSPS) is 22.0. The summed E-state index contributed by atoms with van der Waals surface area (Å²) in [5.74, 6) is -0.540. The Morgan fingerprint density at radius 2 is 2.62 bits per heavy atom. The van der Waals surface area contributed by atoms with Gasteiger partial charge in [0.25, 0.3) is 0 Å². The Kier molecular flexibility index (Phi) is 1.17. The summed E-state index contributed by atoms with van der Waals surface area (Å²) in [6, 6.07) is 2.08. The van der Waals surface area contributed by atoms with Gasteiger partial charge in [0.05, 0.1) is 0 Å². The van der Waals surface area contributed by atoms with Crippen LogP contribution in [0, 0.1) is 0 Å². The van der Waals surface area contributed by atoms with Crippen LogP contribution in [0.15, 0.2) is 18.3 Å². The summed E-state index contributed by atoms with van der Waals surface area (Å²) in [4.78, 5) is 3.65. The van der Waals surface area contributed by atoms with Gasteiger partial charge >= 0.3 is 7.12 Å². The molecule has 0 aliphatic rings. The third-order valence-electron chi connectivity index (χ3n) is 1.41. The lowest BCUT2D eigenvalue weighted by molar-refractivity contribution is 0.425. The number of aromatic nitrogens is 1. The van der Waals surface area contributed by atoms with Crippen LogP contribution in [0.3, 0.4) is 0 Å². The van der Waals surface area contributed by atoms with Gasteiger partial charge in [0.2, 0.25) is 0 Å². The van der Waals surface area contributed by atoms with Gasteiger partial charge in [-0.25, -0.2) is 4.98 Å². The number of rotatable bonds is 3. The third-order valence-corrected chi connectivity index (χ3v) is 1.41. The number of pyridine rings is 1. The topological polar surface area (TPSA) is 56.6 Å². The van der Waals surface area contributed by atoms with Crippen LogP contribution >= 0.6 is 0 Å². The fourth-order valence-corrected chi connectivity index (χ4v) is 0.774. The zero-order chi connectivity index (χ0) is 16.6. The second-order valence-electron chi connectivity index (χ2n) is 2.27. The maximum Gasteiger partial charge on any atom is 0.488 e. The Hall–Kier alpha value is -1.07. The minimum atomic E-state index is -3.25. The first-order chi connectivity index (χ1) is 9.28. The molecule has 0 bridgehead atoms. The van der Waals surface area contributed by atoms with Crippen LogP contribution in [0.5, 0.6) is 0 Å². The first kappa shape index (κ1) is 3.59. The van der Waals surface area contributed by atoms with Crippen molar-refractivity contribution in [3.63, 3.8) is 0 Å². The van der Waals surface area contributed by atoms with Crippen LogP contribution in [-0.2, 0) is 0 Å². The van der Waals surface area contributed by atoms with Gasteiger partial charge in [-0.15, -0.1) is 0 Å². The Balaban J connectivity index is 3.45. The van der Waals surface area contributed by atoms with E-state index in [9.17, 15) is 0 Å². The summed E-state index contributed by atoms with van der Waals surface area (Å²) in [6.45, 7) is -9.62. The van der Waals surface area contributed by atoms with Crippen LogP contribution in [0.1, 0.15) is 17.8 Å². The predicted molar refractivity (Wildman–Crippen MR) is 53.0 cm³/mol. The molecule has 0 amide bonds. The first-order valence-corrected chi connectivity index (χ1v) is 3.41. The molecule has 1 rings (SSSR count). The molecule has 5 heteroatoms. The van der Waals surface area contributed by atoms with E-state index in [4.69, 9.17) is 21.0 Å². The van der Waals surface area contributed by atoms with Crippen LogP contribution in [0.4, 0.5) is 5.82 Å². The van der Waals surface area contributed by atoms with Gasteiger partial charge in [-0.2, -0.15) is 0 Å². The van der Waals surface area contributed by atoms with Crippen LogP contribution < -0.4 is 10.4 Å². The van der Waals surface area contributed by atoms with Gasteiger partial charge in [0.1, 0.15) is 5.82 Å². The van der Waals surface area contributed by atoms with Gasteiger partial charge < -0.3 is 14.9 Å². The minimum absolute atomic E-state index is 0.0267. The molecule has 0 saturated carbocycles. The second-order valence-corrected chi connectivity index (χ2v) is 2.27. The standard InChI is InChI=1S/C8H13BN2O2/c1-3-11(2)8-6-7(9(12)13)4-5-10-8/h4-6,12-13H,3H2,1-2H3/i1D3,2D3,3D2. The Morgan fingerprint density at radius 1 is 1.77 bits per heavy atom. The molecule has 1 heterocycles. The van der Waals surface area contributed by atoms with Crippen molar-refractivity contribution in [2.45, 2.75) is 6.85 Å². The second kappa shape index (κ2) is 4.25. The lowest BCUT2D eigenvalue weighted by Gasteiger charge is -2.15. The van der Waals surface area contributed by atoms with E-state index in [-0.39, 0.29) is 10.4 Å². The molecule has 0 radical (unpaired) electrons. The summed E-state index contributed by atoms with van der Waals surface area (Å²) in [5, 5.41) is 18.1. The van der Waals surface area contributed by atoms with Crippen LogP contribution in [0.25, 0.3) is 0 Å². The van der Waals surface area contributed by atoms with Gasteiger partial charge in [0.15, 0.2) is 0 Å². The van der Waals surface area contributed by atoms with Crippen molar-refractivity contribution >= 4 is 18.4 Å². The van der Waals surface area contributed by atoms with Crippen LogP contribution in [-0.4, -0.2) is 35.6 Å². The fourth-order valence-electron chi connectivity index (χ4n) is 0.774. The molecule has 0 fully saturated rings. The summed E-state index contributed by atoms with van der Waals surface area (Å²) in [7, 11) is -1.93. The van der Waals surface area contributed by atoms with E-state index in [2.05, 4.69) is 4.98 Å². The molecule has 0 aliphatic carbocycles. The molecule has 1 aromatic heterocycles. The lowest BCUT2D eigenvalue weighted by Crippen LogP contribution is -2.31. The van der Waals surface area contributed by atoms with Gasteiger partial charge in [-0.05, 0) is 24.4 Å². The smallest absolute Gasteiger partial charge is 0.423 e. The highest BCUT2D eigenvalue weighted by Crippen LogP contribution is 2.04. The highest BCUT2D eigenvalue weighted by Gasteiger charge is 2.12. The Labute approximate surface area is 89.2 Å². The molecule has 70 valence electrons. The maximum atomic E-state index is 9.06. The fraction of sp³-hybridized carbons (Fsp3) is 0.375. The first-order valence-electron chi connectivity index (χ1n) is 7.41. The molecule has 0 unspecified atom stereocenters. The van der Waals surface area contributed by atoms with Crippen molar-refractivity contribution in [1.29, 1.82) is 0 Å². The minimum Gasteiger partial charge on any atom is -0.423 e. The largest absolute Gasteiger partial charge is 0.488 e. The molecule has 0 aliphatic heterocycles. The number of nitrogens with zero attached hydrogens (tertiary/aromatic N) is 2. The molecule has 13 heavy (non-hydrogen) atoms. The quantitative estimate of drug-likeness (QED) is 0.611. The van der Waals surface area contributed by atoms with E-state index >= 15 is 0 Å². The van der Waals surface area contributed by atoms with E-state index in [0.29, 0.717) is 0 Å². The van der Waals surface area contributed by atoms with E-state index < -0.39 is 33.3 Å². The Morgan fingerprint density at radius 3 is 3.23 bits per heavy atom. The molecular weight excluding hydrogens is 167 g/mol. The summed E-state index contributed by atoms with van der Waals surface area (Å²) < 4.78 is 58.8. The molecule has 1 aromatic rings. The molecule has 2 N–H and O–H groups in total. The predicted octanol–water partition coefficient (Wildman–Crippen LogP) is -0.783. The average molecular weight is 188 g/mol. The van der Waals surface area contributed by atoms with Crippen molar-refractivity contribution in [3.8, 4) is 0 Å². The monoisotopic (exact) mass is 188 g/mol. The van der Waals surface area contributed by atoms with Crippen molar-refractivity contribution in [2.75, 3.05) is 18.4 Å². The third kappa shape index (κ3) is 2.43. The highest BCUT2D eigenvalue weighted by molar-refractivity contribution is 6.58. The van der Waals surface area contributed by atoms with Gasteiger partial charge in [-0.1, -0.05) is 0 Å². The van der Waals surface area contributed by atoms with E-state index in [0.717, 1.165) is 12.3 Å². The molecule has 0 atom stereocenters. The molecular formula is C8H13BN2O2. The highest BCUT2D eigenvalue weighted by atomic mass is 16.4. The number of hydrogen-bond donors (Lipinski definition) is 2. The van der Waals surface area contributed by atoms with Gasteiger partial charge in [-0.3, -0.25) is 0 Å². The summed E-state index contributed by atoms with van der Waals surface area (Å²) in [6.07, 6.45) is 1.03. The van der Waals surface area contributed by atoms with Crippen molar-refractivity contribution in [2.24, 2.45) is 0 Å². The SMILES string of the molecule is [2H]C([2H])([2H])N(c1cc(B(O)O)ccn1)C([2H])([2H])C([2H])([2H])[2H]. The van der Waals surface area contributed by atoms with Crippen molar-refractivity contribution < 1.29 is 21.0 Å². The number of hydrogen-bond acceptors (Lipinski definition) is 4. The number of anilines is 1. The summed E-state index contributed by atoms with van der Waals surface area (Å²) >= 11 is 0. The van der Waals surface area contributed by atoms with E-state index in [1.807, 2.05) is 0 Å². The summed E-state index contributed by atoms with van der Waals surface area (Å²) in [5.41, 5.74) is -0.143. The zero-order valence-corrected chi connectivity index (χ0v) is 6.60.